The monoisotopic (exact) mass is 304 g/mol. The molecule has 0 aromatic rings. The Morgan fingerprint density at radius 3 is 2.77 bits per heavy atom. The predicted octanol–water partition coefficient (Wildman–Crippen LogP) is 1.96. The third-order valence-corrected chi connectivity index (χ3v) is 5.31. The van der Waals surface area contributed by atoms with Crippen molar-refractivity contribution in [3.63, 3.8) is 0 Å². The first-order valence-electron chi connectivity index (χ1n) is 7.57. The van der Waals surface area contributed by atoms with Crippen LogP contribution in [0.2, 0.25) is 0 Å². The molecule has 118 valence electrons. The lowest BCUT2D eigenvalue weighted by molar-refractivity contribution is -0.158. The number of carbonyl (C=O) groups is 3. The van der Waals surface area contributed by atoms with Gasteiger partial charge in [-0.15, -0.1) is 0 Å². The van der Waals surface area contributed by atoms with E-state index in [4.69, 9.17) is 9.47 Å². The Labute approximate surface area is 129 Å². The van der Waals surface area contributed by atoms with Crippen molar-refractivity contribution >= 4 is 17.7 Å². The highest BCUT2D eigenvalue weighted by molar-refractivity contribution is 5.95. The Bertz CT molecular complexity index is 617. The van der Waals surface area contributed by atoms with Crippen molar-refractivity contribution in [3.05, 3.63) is 23.8 Å². The van der Waals surface area contributed by atoms with Crippen molar-refractivity contribution in [2.24, 2.45) is 17.3 Å². The number of fused-ring (bicyclic) bond motifs is 2. The Balaban J connectivity index is 2.14. The molecule has 3 aliphatic rings. The third kappa shape index (κ3) is 1.87. The van der Waals surface area contributed by atoms with Crippen LogP contribution in [0.25, 0.3) is 0 Å². The number of Topliss-reactive ketones (excluding diaryl/α,β-unsaturated/α-hetero) is 1. The van der Waals surface area contributed by atoms with Gasteiger partial charge in [0.25, 0.3) is 0 Å². The summed E-state index contributed by atoms with van der Waals surface area (Å²) in [6, 6.07) is 0. The molecule has 1 aliphatic heterocycles. The molecule has 5 heteroatoms. The molecule has 2 fully saturated rings. The molecule has 0 spiro atoms. The number of allylic oxidation sites excluding steroid dienone is 1. The van der Waals surface area contributed by atoms with Crippen LogP contribution in [0.4, 0.5) is 0 Å². The molecule has 0 aromatic carbocycles. The van der Waals surface area contributed by atoms with Crippen molar-refractivity contribution in [1.29, 1.82) is 0 Å². The maximum Gasteiger partial charge on any atom is 0.334 e. The molecule has 0 aromatic heterocycles. The van der Waals surface area contributed by atoms with E-state index in [0.29, 0.717) is 18.4 Å². The highest BCUT2D eigenvalue weighted by Crippen LogP contribution is 2.54. The fourth-order valence-electron chi connectivity index (χ4n) is 4.25. The fourth-order valence-corrected chi connectivity index (χ4v) is 4.25. The molecule has 1 heterocycles. The van der Waals surface area contributed by atoms with Gasteiger partial charge in [0.15, 0.2) is 0 Å². The minimum atomic E-state index is -0.901. The van der Waals surface area contributed by atoms with Crippen LogP contribution in [0.15, 0.2) is 23.8 Å². The number of hydrogen-bond acceptors (Lipinski definition) is 5. The van der Waals surface area contributed by atoms with Crippen molar-refractivity contribution in [2.75, 3.05) is 0 Å². The molecule has 22 heavy (non-hydrogen) atoms. The van der Waals surface area contributed by atoms with E-state index in [1.54, 1.807) is 0 Å². The third-order valence-electron chi connectivity index (χ3n) is 5.31. The van der Waals surface area contributed by atoms with Gasteiger partial charge in [-0.3, -0.25) is 9.59 Å². The molecule has 0 unspecified atom stereocenters. The molecule has 2 aliphatic carbocycles. The fraction of sp³-hybridized carbons (Fsp3) is 0.588. The minimum Gasteiger partial charge on any atom is -0.460 e. The van der Waals surface area contributed by atoms with Crippen molar-refractivity contribution in [3.8, 4) is 0 Å². The van der Waals surface area contributed by atoms with E-state index >= 15 is 0 Å². The molecule has 1 saturated carbocycles. The van der Waals surface area contributed by atoms with Crippen LogP contribution in [0.1, 0.15) is 33.6 Å². The first-order valence-corrected chi connectivity index (χ1v) is 7.57. The van der Waals surface area contributed by atoms with Crippen molar-refractivity contribution < 1.29 is 23.9 Å². The summed E-state index contributed by atoms with van der Waals surface area (Å²) >= 11 is 0. The summed E-state index contributed by atoms with van der Waals surface area (Å²) in [7, 11) is 0. The van der Waals surface area contributed by atoms with Gasteiger partial charge in [-0.2, -0.15) is 0 Å². The number of hydrogen-bond donors (Lipinski definition) is 0. The number of ketones is 1. The van der Waals surface area contributed by atoms with Gasteiger partial charge >= 0.3 is 11.9 Å². The largest absolute Gasteiger partial charge is 0.460 e. The molecule has 5 nitrogen and oxygen atoms in total. The number of rotatable bonds is 1. The summed E-state index contributed by atoms with van der Waals surface area (Å²) in [5, 5.41) is 0. The summed E-state index contributed by atoms with van der Waals surface area (Å²) in [6.07, 6.45) is 1.76. The Kier molecular flexibility index (Phi) is 3.27. The Morgan fingerprint density at radius 1 is 1.45 bits per heavy atom. The molecule has 1 saturated heterocycles. The molecule has 0 radical (unpaired) electrons. The highest BCUT2D eigenvalue weighted by atomic mass is 16.6. The van der Waals surface area contributed by atoms with Gasteiger partial charge in [-0.1, -0.05) is 25.2 Å². The van der Waals surface area contributed by atoms with E-state index in [9.17, 15) is 14.4 Å². The first-order chi connectivity index (χ1) is 10.3. The van der Waals surface area contributed by atoms with Crippen LogP contribution in [0, 0.1) is 17.3 Å². The number of ether oxygens (including phenoxy) is 2. The smallest absolute Gasteiger partial charge is 0.334 e. The molecule has 5 atom stereocenters. The number of carbonyl (C=O) groups excluding carboxylic acids is 3. The SMILES string of the molecule is C=C1C(=O)O[C@@H]2C[C@@H](C)C3=CCC(=O)[C@@]3(C)[C@@H](OC(C)=O)[C@H]12. The first kappa shape index (κ1) is 15.0. The molecular formula is C17H20O5. The molecular weight excluding hydrogens is 284 g/mol. The van der Waals surface area contributed by atoms with Crippen LogP contribution in [-0.2, 0) is 23.9 Å². The summed E-state index contributed by atoms with van der Waals surface area (Å²) in [5.41, 5.74) is 0.383. The minimum absolute atomic E-state index is 0.0217. The van der Waals surface area contributed by atoms with E-state index in [1.165, 1.54) is 6.92 Å². The zero-order valence-electron chi connectivity index (χ0n) is 13.0. The molecule has 0 N–H and O–H groups in total. The van der Waals surface area contributed by atoms with E-state index in [2.05, 4.69) is 6.58 Å². The lowest BCUT2D eigenvalue weighted by Gasteiger charge is -2.37. The lowest BCUT2D eigenvalue weighted by Crippen LogP contribution is -2.47. The van der Waals surface area contributed by atoms with Gasteiger partial charge in [0.05, 0.1) is 11.3 Å². The van der Waals surface area contributed by atoms with Gasteiger partial charge in [-0.25, -0.2) is 4.79 Å². The van der Waals surface area contributed by atoms with Crippen LogP contribution in [0.3, 0.4) is 0 Å². The van der Waals surface area contributed by atoms with E-state index < -0.39 is 35.5 Å². The van der Waals surface area contributed by atoms with Gasteiger partial charge in [0.2, 0.25) is 0 Å². The average Bonchev–Trinajstić information content (AvgIpc) is 2.84. The Morgan fingerprint density at radius 2 is 2.14 bits per heavy atom. The van der Waals surface area contributed by atoms with Gasteiger partial charge in [-0.05, 0) is 19.3 Å². The predicted molar refractivity (Wildman–Crippen MR) is 77.7 cm³/mol. The van der Waals surface area contributed by atoms with E-state index in [1.807, 2.05) is 19.9 Å². The summed E-state index contributed by atoms with van der Waals surface area (Å²) in [5.74, 6) is -1.28. The Hall–Kier alpha value is -1.91. The zero-order chi connectivity index (χ0) is 16.2. The second-order valence-corrected chi connectivity index (χ2v) is 6.65. The lowest BCUT2D eigenvalue weighted by atomic mass is 9.70. The van der Waals surface area contributed by atoms with Gasteiger partial charge in [0.1, 0.15) is 18.0 Å². The summed E-state index contributed by atoms with van der Waals surface area (Å²) < 4.78 is 11.0. The van der Waals surface area contributed by atoms with E-state index in [-0.39, 0.29) is 11.7 Å². The second kappa shape index (κ2) is 4.80. The topological polar surface area (TPSA) is 69.7 Å². The van der Waals surface area contributed by atoms with E-state index in [0.717, 1.165) is 5.57 Å². The normalized spacial score (nSPS) is 40.5. The zero-order valence-corrected chi connectivity index (χ0v) is 13.0. The molecule has 0 bridgehead atoms. The van der Waals surface area contributed by atoms with Crippen LogP contribution < -0.4 is 0 Å². The average molecular weight is 304 g/mol. The second-order valence-electron chi connectivity index (χ2n) is 6.65. The maximum absolute atomic E-state index is 12.6. The van der Waals surface area contributed by atoms with Gasteiger partial charge < -0.3 is 9.47 Å². The summed E-state index contributed by atoms with van der Waals surface area (Å²) in [4.78, 5) is 36.1. The molecule has 0 amide bonds. The van der Waals surface area contributed by atoms with Crippen LogP contribution >= 0.6 is 0 Å². The van der Waals surface area contributed by atoms with Crippen molar-refractivity contribution in [1.82, 2.24) is 0 Å². The summed E-state index contributed by atoms with van der Waals surface area (Å²) in [6.45, 7) is 8.97. The number of esters is 2. The highest BCUT2D eigenvalue weighted by Gasteiger charge is 2.60. The maximum atomic E-state index is 12.6. The van der Waals surface area contributed by atoms with Gasteiger partial charge in [0, 0.05) is 18.9 Å². The quantitative estimate of drug-likeness (QED) is 0.421. The van der Waals surface area contributed by atoms with Crippen LogP contribution in [0.5, 0.6) is 0 Å². The standard InChI is InChI=1S/C17H20O5/c1-8-7-12-14(9(2)16(20)22-12)15(21-10(3)18)17(4)11(8)5-6-13(17)19/h5,8,12,14-15H,2,6-7H2,1,3-4H3/t8-,12-,14-,15+,17+/m1/s1. The van der Waals surface area contributed by atoms with Crippen LogP contribution in [-0.4, -0.2) is 29.9 Å². The van der Waals surface area contributed by atoms with Crippen molar-refractivity contribution in [2.45, 2.75) is 45.8 Å². The molecule has 3 rings (SSSR count).